The number of anilines is 4. The molecule has 0 bridgehead atoms. The van der Waals surface area contributed by atoms with Crippen LogP contribution in [-0.4, -0.2) is 45.9 Å². The minimum absolute atomic E-state index is 0.00126. The number of amides is 1. The van der Waals surface area contributed by atoms with Crippen LogP contribution >= 0.6 is 11.3 Å². The Morgan fingerprint density at radius 2 is 1.91 bits per heavy atom. The van der Waals surface area contributed by atoms with Crippen LogP contribution in [-0.2, 0) is 11.3 Å². The van der Waals surface area contributed by atoms with E-state index in [9.17, 15) is 9.18 Å². The Balaban J connectivity index is 1.22. The summed E-state index contributed by atoms with van der Waals surface area (Å²) in [6, 6.07) is 14.1. The first-order chi connectivity index (χ1) is 16.9. The SMILES string of the molecule is CN(c1ccc(F)cc1)c1ccc2nc(Nc3ccc(CN4CCC(C(N)=O)CC4)cn3)sc2n1. The lowest BCUT2D eigenvalue weighted by atomic mass is 9.96. The maximum Gasteiger partial charge on any atom is 0.220 e. The molecule has 0 spiro atoms. The van der Waals surface area contributed by atoms with Gasteiger partial charge in [0.25, 0.3) is 0 Å². The van der Waals surface area contributed by atoms with Gasteiger partial charge in [-0.3, -0.25) is 9.69 Å². The molecule has 1 aliphatic rings. The zero-order chi connectivity index (χ0) is 24.4. The summed E-state index contributed by atoms with van der Waals surface area (Å²) >= 11 is 1.45. The number of halogens is 1. The standard InChI is InChI=1S/C25H26FN7OS/c1-32(19-5-3-18(26)4-6-19)22-9-7-20-24(31-22)35-25(29-20)30-21-8-2-16(14-28-21)15-33-12-10-17(11-13-33)23(27)34/h2-9,14,17H,10-13,15H2,1H3,(H2,27,34)(H,28,29,30). The summed E-state index contributed by atoms with van der Waals surface area (Å²) in [5.74, 6) is 1.00. The number of likely N-dealkylation sites (tertiary alicyclic amines) is 1. The van der Waals surface area contributed by atoms with Gasteiger partial charge in [-0.15, -0.1) is 0 Å². The van der Waals surface area contributed by atoms with Crippen molar-refractivity contribution < 1.29 is 9.18 Å². The van der Waals surface area contributed by atoms with E-state index in [1.165, 1.54) is 23.5 Å². The Morgan fingerprint density at radius 1 is 1.14 bits per heavy atom. The first-order valence-corrected chi connectivity index (χ1v) is 12.3. The molecule has 10 heteroatoms. The van der Waals surface area contributed by atoms with E-state index in [1.54, 1.807) is 12.1 Å². The van der Waals surface area contributed by atoms with Crippen LogP contribution < -0.4 is 16.0 Å². The summed E-state index contributed by atoms with van der Waals surface area (Å²) in [7, 11) is 1.90. The molecule has 8 nitrogen and oxygen atoms in total. The number of rotatable bonds is 7. The number of nitrogens with zero attached hydrogens (tertiary/aromatic N) is 5. The van der Waals surface area contributed by atoms with Crippen molar-refractivity contribution in [1.82, 2.24) is 19.9 Å². The first kappa shape index (κ1) is 23.1. The van der Waals surface area contributed by atoms with Gasteiger partial charge in [-0.05, 0) is 74.0 Å². The summed E-state index contributed by atoms with van der Waals surface area (Å²) in [5.41, 5.74) is 8.19. The smallest absolute Gasteiger partial charge is 0.220 e. The fraction of sp³-hybridized carbons (Fsp3) is 0.280. The van der Waals surface area contributed by atoms with Crippen molar-refractivity contribution in [3.63, 3.8) is 0 Å². The van der Waals surface area contributed by atoms with Gasteiger partial charge in [-0.25, -0.2) is 19.3 Å². The number of thiazole rings is 1. The van der Waals surface area contributed by atoms with E-state index in [-0.39, 0.29) is 17.6 Å². The average molecular weight is 492 g/mol. The summed E-state index contributed by atoms with van der Waals surface area (Å²) < 4.78 is 13.2. The van der Waals surface area contributed by atoms with E-state index in [2.05, 4.69) is 26.3 Å². The summed E-state index contributed by atoms with van der Waals surface area (Å²) in [6.07, 6.45) is 3.49. The largest absolute Gasteiger partial charge is 0.369 e. The van der Waals surface area contributed by atoms with Gasteiger partial charge in [-0.1, -0.05) is 17.4 Å². The van der Waals surface area contributed by atoms with Crippen molar-refractivity contribution in [3.05, 3.63) is 66.1 Å². The summed E-state index contributed by atoms with van der Waals surface area (Å²) in [5, 5.41) is 3.98. The quantitative estimate of drug-likeness (QED) is 0.394. The highest BCUT2D eigenvalue weighted by atomic mass is 32.1. The first-order valence-electron chi connectivity index (χ1n) is 11.4. The number of nitrogens with two attached hydrogens (primary N) is 1. The molecule has 0 atom stereocenters. The maximum atomic E-state index is 13.2. The molecule has 1 aromatic carbocycles. The number of benzene rings is 1. The minimum Gasteiger partial charge on any atom is -0.369 e. The van der Waals surface area contributed by atoms with Crippen molar-refractivity contribution in [2.45, 2.75) is 19.4 Å². The van der Waals surface area contributed by atoms with Crippen molar-refractivity contribution in [1.29, 1.82) is 0 Å². The number of hydrogen-bond acceptors (Lipinski definition) is 8. The highest BCUT2D eigenvalue weighted by Gasteiger charge is 2.23. The van der Waals surface area contributed by atoms with E-state index in [0.717, 1.165) is 59.9 Å². The van der Waals surface area contributed by atoms with Gasteiger partial charge >= 0.3 is 0 Å². The Kier molecular flexibility index (Phi) is 6.56. The number of hydrogen-bond donors (Lipinski definition) is 2. The molecule has 180 valence electrons. The molecular formula is C25H26FN7OS. The summed E-state index contributed by atoms with van der Waals surface area (Å²) in [4.78, 5) is 30.3. The second-order valence-corrected chi connectivity index (χ2v) is 9.66. The van der Waals surface area contributed by atoms with E-state index in [4.69, 9.17) is 10.7 Å². The van der Waals surface area contributed by atoms with Crippen molar-refractivity contribution in [3.8, 4) is 0 Å². The van der Waals surface area contributed by atoms with Crippen LogP contribution in [0.3, 0.4) is 0 Å². The lowest BCUT2D eigenvalue weighted by Gasteiger charge is -2.30. The molecule has 0 aliphatic carbocycles. The number of nitrogens with one attached hydrogen (secondary N) is 1. The zero-order valence-corrected chi connectivity index (χ0v) is 20.1. The van der Waals surface area contributed by atoms with Gasteiger partial charge < -0.3 is 16.0 Å². The van der Waals surface area contributed by atoms with Gasteiger partial charge in [-0.2, -0.15) is 0 Å². The highest BCUT2D eigenvalue weighted by Crippen LogP contribution is 2.30. The van der Waals surface area contributed by atoms with Crippen molar-refractivity contribution >= 4 is 50.0 Å². The Bertz CT molecular complexity index is 1320. The molecule has 1 saturated heterocycles. The number of fused-ring (bicyclic) bond motifs is 1. The van der Waals surface area contributed by atoms with Crippen molar-refractivity contribution in [2.24, 2.45) is 11.7 Å². The molecule has 5 rings (SSSR count). The second-order valence-electron chi connectivity index (χ2n) is 8.68. The minimum atomic E-state index is -0.268. The number of carbonyl (C=O) groups is 1. The topological polar surface area (TPSA) is 100 Å². The third-order valence-corrected chi connectivity index (χ3v) is 7.13. The van der Waals surface area contributed by atoms with Gasteiger partial charge in [0.2, 0.25) is 5.91 Å². The predicted molar refractivity (Wildman–Crippen MR) is 137 cm³/mol. The van der Waals surface area contributed by atoms with E-state index < -0.39 is 0 Å². The number of primary amides is 1. The van der Waals surface area contributed by atoms with Crippen LogP contribution in [0.2, 0.25) is 0 Å². The van der Waals surface area contributed by atoms with Gasteiger partial charge in [0.15, 0.2) is 5.13 Å². The third-order valence-electron chi connectivity index (χ3n) is 6.25. The monoisotopic (exact) mass is 491 g/mol. The van der Waals surface area contributed by atoms with Crippen LogP contribution in [0.4, 0.5) is 26.8 Å². The fourth-order valence-corrected chi connectivity index (χ4v) is 5.02. The van der Waals surface area contributed by atoms with Gasteiger partial charge in [0.05, 0.1) is 0 Å². The molecule has 35 heavy (non-hydrogen) atoms. The molecule has 4 heterocycles. The molecule has 0 radical (unpaired) electrons. The van der Waals surface area contributed by atoms with Crippen LogP contribution in [0.5, 0.6) is 0 Å². The summed E-state index contributed by atoms with van der Waals surface area (Å²) in [6.45, 7) is 2.53. The molecule has 0 saturated carbocycles. The maximum absolute atomic E-state index is 13.2. The molecule has 1 fully saturated rings. The van der Waals surface area contributed by atoms with E-state index >= 15 is 0 Å². The molecule has 3 N–H and O–H groups in total. The Hall–Kier alpha value is -3.63. The lowest BCUT2D eigenvalue weighted by molar-refractivity contribution is -0.123. The Morgan fingerprint density at radius 3 is 2.60 bits per heavy atom. The molecule has 4 aromatic rings. The number of piperidine rings is 1. The van der Waals surface area contributed by atoms with Gasteiger partial charge in [0.1, 0.15) is 27.8 Å². The van der Waals surface area contributed by atoms with Crippen molar-refractivity contribution in [2.75, 3.05) is 30.4 Å². The molecular weight excluding hydrogens is 465 g/mol. The van der Waals surface area contributed by atoms with Crippen LogP contribution in [0.1, 0.15) is 18.4 Å². The van der Waals surface area contributed by atoms with Gasteiger partial charge in [0, 0.05) is 31.4 Å². The van der Waals surface area contributed by atoms with Crippen LogP contribution in [0, 0.1) is 11.7 Å². The van der Waals surface area contributed by atoms with Crippen LogP contribution in [0.15, 0.2) is 54.7 Å². The molecule has 1 amide bonds. The third kappa shape index (κ3) is 5.39. The van der Waals surface area contributed by atoms with E-state index in [1.807, 2.05) is 36.3 Å². The highest BCUT2D eigenvalue weighted by molar-refractivity contribution is 7.21. The molecule has 3 aromatic heterocycles. The van der Waals surface area contributed by atoms with E-state index in [0.29, 0.717) is 10.9 Å². The zero-order valence-electron chi connectivity index (χ0n) is 19.3. The average Bonchev–Trinajstić information content (AvgIpc) is 3.27. The fourth-order valence-electron chi connectivity index (χ4n) is 4.18. The number of aromatic nitrogens is 3. The lowest BCUT2D eigenvalue weighted by Crippen LogP contribution is -2.38. The Labute approximate surface area is 206 Å². The normalized spacial score (nSPS) is 14.8. The number of carbonyl (C=O) groups excluding carboxylic acids is 1. The molecule has 0 unspecified atom stereocenters. The number of pyridine rings is 2. The van der Waals surface area contributed by atoms with Crippen LogP contribution in [0.25, 0.3) is 10.3 Å². The second kappa shape index (κ2) is 9.93. The molecule has 1 aliphatic heterocycles. The predicted octanol–water partition coefficient (Wildman–Crippen LogP) is 4.43.